The third-order valence-electron chi connectivity index (χ3n) is 6.04. The Balaban J connectivity index is 1.44. The van der Waals surface area contributed by atoms with Gasteiger partial charge in [-0.2, -0.15) is 5.10 Å². The molecular weight excluding hydrogens is 478 g/mol. The van der Waals surface area contributed by atoms with Crippen molar-refractivity contribution < 1.29 is 9.13 Å². The van der Waals surface area contributed by atoms with Gasteiger partial charge in [0, 0.05) is 53.7 Å². The third kappa shape index (κ3) is 4.29. The lowest BCUT2D eigenvalue weighted by atomic mass is 10.0. The summed E-state index contributed by atoms with van der Waals surface area (Å²) in [6, 6.07) is 6.98. The van der Waals surface area contributed by atoms with Crippen LogP contribution in [0.25, 0.3) is 22.2 Å². The van der Waals surface area contributed by atoms with Crippen molar-refractivity contribution in [1.29, 1.82) is 0 Å². The largest absolute Gasteiger partial charge is 0.486 e. The van der Waals surface area contributed by atoms with Crippen LogP contribution in [-0.4, -0.2) is 38.8 Å². The number of aromatic nitrogens is 4. The van der Waals surface area contributed by atoms with E-state index in [1.54, 1.807) is 6.20 Å². The molecule has 0 bridgehead atoms. The van der Waals surface area contributed by atoms with Crippen LogP contribution in [0.1, 0.15) is 31.9 Å². The predicted molar refractivity (Wildman–Crippen MR) is 132 cm³/mol. The highest BCUT2D eigenvalue weighted by Crippen LogP contribution is 2.35. The Morgan fingerprint density at radius 1 is 1.21 bits per heavy atom. The molecule has 1 aliphatic heterocycles. The van der Waals surface area contributed by atoms with Crippen LogP contribution in [0.15, 0.2) is 42.9 Å². The zero-order chi connectivity index (χ0) is 24.0. The van der Waals surface area contributed by atoms with Gasteiger partial charge in [0.25, 0.3) is 0 Å². The van der Waals surface area contributed by atoms with Crippen molar-refractivity contribution in [3.63, 3.8) is 0 Å². The molecule has 1 saturated heterocycles. The zero-order valence-corrected chi connectivity index (χ0v) is 20.2. The number of aromatic amines is 1. The van der Waals surface area contributed by atoms with E-state index in [1.807, 2.05) is 36.9 Å². The molecule has 2 atom stereocenters. The van der Waals surface area contributed by atoms with Crippen LogP contribution in [0, 0.1) is 5.82 Å². The summed E-state index contributed by atoms with van der Waals surface area (Å²) >= 11 is 12.5. The summed E-state index contributed by atoms with van der Waals surface area (Å²) in [5.41, 5.74) is 8.44. The molecule has 1 aliphatic rings. The van der Waals surface area contributed by atoms with Crippen molar-refractivity contribution in [3.8, 4) is 17.0 Å². The Kier molecular flexibility index (Phi) is 5.83. The number of anilines is 1. The molecule has 0 radical (unpaired) electrons. The van der Waals surface area contributed by atoms with Crippen LogP contribution < -0.4 is 15.4 Å². The maximum Gasteiger partial charge on any atom is 0.166 e. The number of ether oxygens (including phenoxy) is 1. The zero-order valence-electron chi connectivity index (χ0n) is 18.6. The maximum atomic E-state index is 15.0. The van der Waals surface area contributed by atoms with Crippen molar-refractivity contribution >= 4 is 39.9 Å². The molecule has 3 N–H and O–H groups in total. The van der Waals surface area contributed by atoms with Gasteiger partial charge in [0.2, 0.25) is 0 Å². The first-order valence-corrected chi connectivity index (χ1v) is 11.6. The molecule has 176 valence electrons. The van der Waals surface area contributed by atoms with E-state index in [1.165, 1.54) is 18.5 Å². The minimum absolute atomic E-state index is 0.307. The molecule has 0 amide bonds. The minimum atomic E-state index is -0.414. The van der Waals surface area contributed by atoms with Gasteiger partial charge in [-0.05, 0) is 44.5 Å². The summed E-state index contributed by atoms with van der Waals surface area (Å²) in [6.07, 6.45) is 5.06. The monoisotopic (exact) mass is 500 g/mol. The molecule has 7 nitrogen and oxygen atoms in total. The second-order valence-electron chi connectivity index (χ2n) is 8.91. The first-order chi connectivity index (χ1) is 16.2. The van der Waals surface area contributed by atoms with E-state index in [4.69, 9.17) is 33.7 Å². The quantitative estimate of drug-likeness (QED) is 0.374. The van der Waals surface area contributed by atoms with E-state index in [0.29, 0.717) is 51.5 Å². The van der Waals surface area contributed by atoms with Crippen molar-refractivity contribution in [3.05, 3.63) is 64.3 Å². The Bertz CT molecular complexity index is 1350. The highest BCUT2D eigenvalue weighted by molar-refractivity contribution is 6.35. The number of nitrogens with two attached hydrogens (primary N) is 1. The summed E-state index contributed by atoms with van der Waals surface area (Å²) in [6.45, 7) is 5.06. The van der Waals surface area contributed by atoms with E-state index in [0.717, 1.165) is 17.3 Å². The molecule has 0 spiro atoms. The summed E-state index contributed by atoms with van der Waals surface area (Å²) in [4.78, 5) is 10.3. The van der Waals surface area contributed by atoms with Crippen LogP contribution in [0.2, 0.25) is 10.0 Å². The Morgan fingerprint density at radius 2 is 1.97 bits per heavy atom. The van der Waals surface area contributed by atoms with Crippen LogP contribution in [0.4, 0.5) is 10.2 Å². The topological polar surface area (TPSA) is 93.0 Å². The summed E-state index contributed by atoms with van der Waals surface area (Å²) in [7, 11) is 0. The highest BCUT2D eigenvalue weighted by atomic mass is 35.5. The lowest BCUT2D eigenvalue weighted by Gasteiger charge is -2.21. The van der Waals surface area contributed by atoms with Gasteiger partial charge in [-0.3, -0.25) is 10.1 Å². The van der Waals surface area contributed by atoms with Crippen LogP contribution >= 0.6 is 23.2 Å². The Hall–Kier alpha value is -2.94. The molecule has 1 aromatic carbocycles. The van der Waals surface area contributed by atoms with Crippen molar-refractivity contribution in [2.24, 2.45) is 5.73 Å². The number of H-pyrrole nitrogens is 1. The van der Waals surface area contributed by atoms with Gasteiger partial charge in [-0.1, -0.05) is 23.2 Å². The van der Waals surface area contributed by atoms with Gasteiger partial charge in [0.1, 0.15) is 17.5 Å². The molecule has 0 aliphatic carbocycles. The van der Waals surface area contributed by atoms with Crippen molar-refractivity contribution in [2.45, 2.75) is 31.9 Å². The number of pyridine rings is 2. The number of benzene rings is 1. The lowest BCUT2D eigenvalue weighted by Crippen LogP contribution is -2.39. The van der Waals surface area contributed by atoms with E-state index in [2.05, 4.69) is 20.2 Å². The van der Waals surface area contributed by atoms with Crippen molar-refractivity contribution in [1.82, 2.24) is 20.2 Å². The number of nitrogens with one attached hydrogen (secondary N) is 1. The van der Waals surface area contributed by atoms with Gasteiger partial charge in [0.15, 0.2) is 11.6 Å². The fourth-order valence-electron chi connectivity index (χ4n) is 4.32. The van der Waals surface area contributed by atoms with E-state index < -0.39 is 11.9 Å². The number of halogens is 3. The molecular formula is C24H23Cl2FN6O. The number of hydrogen-bond donors (Lipinski definition) is 2. The molecule has 4 aromatic rings. The number of nitrogens with zero attached hydrogens (tertiary/aromatic N) is 4. The SMILES string of the molecule is C[C@@H](Oc1ccc2[nH]nc(-c3cnc(N4CC[C@](C)(N)C4)c(F)c3)c2c1)c1c(Cl)cncc1Cl. The first kappa shape index (κ1) is 22.8. The highest BCUT2D eigenvalue weighted by Gasteiger charge is 2.32. The Morgan fingerprint density at radius 3 is 2.65 bits per heavy atom. The number of fused-ring (bicyclic) bond motifs is 1. The first-order valence-electron chi connectivity index (χ1n) is 10.9. The smallest absolute Gasteiger partial charge is 0.166 e. The Labute approximate surface area is 206 Å². The lowest BCUT2D eigenvalue weighted by molar-refractivity contribution is 0.227. The normalized spacial score (nSPS) is 19.1. The van der Waals surface area contributed by atoms with Crippen LogP contribution in [-0.2, 0) is 0 Å². The average Bonchev–Trinajstić information content (AvgIpc) is 3.36. The van der Waals surface area contributed by atoms with E-state index in [-0.39, 0.29) is 5.54 Å². The van der Waals surface area contributed by atoms with Crippen LogP contribution in [0.3, 0.4) is 0 Å². The molecule has 1 fully saturated rings. The third-order valence-corrected chi connectivity index (χ3v) is 6.65. The summed E-state index contributed by atoms with van der Waals surface area (Å²) in [5, 5.41) is 9.02. The van der Waals surface area contributed by atoms with Crippen LogP contribution in [0.5, 0.6) is 5.75 Å². The maximum absolute atomic E-state index is 15.0. The molecule has 0 saturated carbocycles. The predicted octanol–water partition coefficient (Wildman–Crippen LogP) is 5.53. The fraction of sp³-hybridized carbons (Fsp3) is 0.292. The molecule has 4 heterocycles. The number of rotatable bonds is 5. The summed E-state index contributed by atoms with van der Waals surface area (Å²) < 4.78 is 21.1. The molecule has 10 heteroatoms. The van der Waals surface area contributed by atoms with Gasteiger partial charge >= 0.3 is 0 Å². The average molecular weight is 501 g/mol. The molecule has 0 unspecified atom stereocenters. The molecule has 5 rings (SSSR count). The fourth-order valence-corrected chi connectivity index (χ4v) is 4.99. The second kappa shape index (κ2) is 8.69. The van der Waals surface area contributed by atoms with Gasteiger partial charge in [-0.15, -0.1) is 0 Å². The standard InChI is InChI=1S/C24H23Cl2FN6O/c1-13(21-17(25)10-29-11-18(21)26)34-15-3-4-20-16(8-15)22(32-31-20)14-7-19(27)23(30-9-14)33-6-5-24(2,28)12-33/h3-4,7-11,13H,5-6,12,28H2,1-2H3,(H,31,32)/t13-,24+/m1/s1. The van der Waals surface area contributed by atoms with Gasteiger partial charge in [0.05, 0.1) is 15.6 Å². The second-order valence-corrected chi connectivity index (χ2v) is 9.73. The molecule has 3 aromatic heterocycles. The summed E-state index contributed by atoms with van der Waals surface area (Å²) in [5.74, 6) is 0.493. The minimum Gasteiger partial charge on any atom is -0.486 e. The van der Waals surface area contributed by atoms with E-state index in [9.17, 15) is 0 Å². The van der Waals surface area contributed by atoms with Gasteiger partial charge < -0.3 is 15.4 Å². The van der Waals surface area contributed by atoms with Gasteiger partial charge in [-0.25, -0.2) is 9.37 Å². The number of hydrogen-bond acceptors (Lipinski definition) is 6. The van der Waals surface area contributed by atoms with Crippen molar-refractivity contribution in [2.75, 3.05) is 18.0 Å². The van der Waals surface area contributed by atoms with E-state index >= 15 is 4.39 Å². The molecule has 34 heavy (non-hydrogen) atoms.